The minimum Gasteiger partial charge on any atom is -0.378 e. The zero-order valence-electron chi connectivity index (χ0n) is 13.9. The Morgan fingerprint density at radius 1 is 1.28 bits per heavy atom. The first-order valence-corrected chi connectivity index (χ1v) is 10.1. The normalized spacial score (nSPS) is 15.0. The lowest BCUT2D eigenvalue weighted by molar-refractivity contribution is 0.121. The van der Waals surface area contributed by atoms with Crippen molar-refractivity contribution in [2.45, 2.75) is 24.4 Å². The van der Waals surface area contributed by atoms with Gasteiger partial charge in [-0.3, -0.25) is 4.57 Å². The largest absolute Gasteiger partial charge is 0.378 e. The fourth-order valence-corrected chi connectivity index (χ4v) is 4.27. The van der Waals surface area contributed by atoms with Crippen LogP contribution in [0.4, 0.5) is 5.95 Å². The van der Waals surface area contributed by atoms with E-state index in [2.05, 4.69) is 31.7 Å². The molecule has 0 aliphatic carbocycles. The lowest BCUT2D eigenvalue weighted by atomic mass is 10.3. The molecule has 1 aliphatic heterocycles. The molecule has 4 rings (SSSR count). The van der Waals surface area contributed by atoms with Crippen LogP contribution in [-0.4, -0.2) is 46.2 Å². The molecular formula is C16H19N5O2S2. The van der Waals surface area contributed by atoms with Crippen molar-refractivity contribution < 1.29 is 9.26 Å². The minimum absolute atomic E-state index is 0.704. The van der Waals surface area contributed by atoms with Crippen molar-refractivity contribution in [3.05, 3.63) is 29.3 Å². The molecule has 0 aromatic carbocycles. The Hall–Kier alpha value is -1.84. The molecule has 1 fully saturated rings. The molecule has 0 spiro atoms. The smallest absolute Gasteiger partial charge is 0.228 e. The van der Waals surface area contributed by atoms with Crippen molar-refractivity contribution >= 4 is 29.0 Å². The number of morpholine rings is 1. The van der Waals surface area contributed by atoms with Crippen molar-refractivity contribution in [2.24, 2.45) is 0 Å². The van der Waals surface area contributed by atoms with E-state index in [1.54, 1.807) is 23.1 Å². The van der Waals surface area contributed by atoms with E-state index in [1.165, 1.54) is 0 Å². The summed E-state index contributed by atoms with van der Waals surface area (Å²) in [5, 5.41) is 15.9. The minimum atomic E-state index is 0.704. The van der Waals surface area contributed by atoms with Crippen LogP contribution in [-0.2, 0) is 17.0 Å². The van der Waals surface area contributed by atoms with E-state index < -0.39 is 0 Å². The fraction of sp³-hybridized carbons (Fsp3) is 0.438. The van der Waals surface area contributed by atoms with E-state index in [1.807, 2.05) is 23.6 Å². The van der Waals surface area contributed by atoms with Crippen LogP contribution in [0.2, 0.25) is 0 Å². The molecule has 3 aromatic heterocycles. The molecule has 0 radical (unpaired) electrons. The summed E-state index contributed by atoms with van der Waals surface area (Å²) in [6.07, 6.45) is 0. The summed E-state index contributed by atoms with van der Waals surface area (Å²) < 4.78 is 13.0. The topological polar surface area (TPSA) is 69.2 Å². The Morgan fingerprint density at radius 2 is 2.16 bits per heavy atom. The number of hydrogen-bond donors (Lipinski definition) is 0. The van der Waals surface area contributed by atoms with Gasteiger partial charge in [0.05, 0.1) is 23.8 Å². The van der Waals surface area contributed by atoms with Gasteiger partial charge in [-0.15, -0.1) is 21.5 Å². The van der Waals surface area contributed by atoms with Crippen LogP contribution < -0.4 is 4.90 Å². The zero-order chi connectivity index (χ0) is 17.1. The molecule has 25 heavy (non-hydrogen) atoms. The van der Waals surface area contributed by atoms with Gasteiger partial charge in [-0.1, -0.05) is 23.0 Å². The van der Waals surface area contributed by atoms with Gasteiger partial charge in [0.1, 0.15) is 0 Å². The second-order valence-corrected chi connectivity index (χ2v) is 7.46. The molecule has 0 saturated carbocycles. The number of hydrogen-bond acceptors (Lipinski definition) is 8. The predicted molar refractivity (Wildman–Crippen MR) is 98.1 cm³/mol. The van der Waals surface area contributed by atoms with Gasteiger partial charge in [-0.05, 0) is 18.4 Å². The number of thioether (sulfide) groups is 1. The molecule has 0 amide bonds. The number of rotatable bonds is 6. The van der Waals surface area contributed by atoms with Crippen molar-refractivity contribution in [1.29, 1.82) is 0 Å². The van der Waals surface area contributed by atoms with Crippen LogP contribution >= 0.6 is 23.1 Å². The van der Waals surface area contributed by atoms with E-state index in [4.69, 9.17) is 9.26 Å². The highest BCUT2D eigenvalue weighted by Crippen LogP contribution is 2.29. The molecule has 9 heteroatoms. The van der Waals surface area contributed by atoms with Crippen molar-refractivity contribution in [2.75, 3.05) is 31.2 Å². The number of aromatic nitrogens is 4. The summed E-state index contributed by atoms with van der Waals surface area (Å²) in [6, 6.07) is 6.03. The highest BCUT2D eigenvalue weighted by molar-refractivity contribution is 7.98. The molecule has 0 N–H and O–H groups in total. The van der Waals surface area contributed by atoms with Crippen molar-refractivity contribution in [3.8, 4) is 10.6 Å². The molecule has 132 valence electrons. The summed E-state index contributed by atoms with van der Waals surface area (Å²) in [5.41, 5.74) is 0.909. The standard InChI is InChI=1S/C16H19N5O2S2/c1-2-21-15(20-5-7-22-8-6-20)17-18-16(21)25-11-12-10-13(23-19-12)14-4-3-9-24-14/h3-4,9-10H,2,5-8,11H2,1H3. The molecule has 3 aromatic rings. The van der Waals surface area contributed by atoms with E-state index in [9.17, 15) is 0 Å². The van der Waals surface area contributed by atoms with Gasteiger partial charge in [0.15, 0.2) is 10.9 Å². The summed E-state index contributed by atoms with van der Waals surface area (Å²) in [6.45, 7) is 6.14. The predicted octanol–water partition coefficient (Wildman–Crippen LogP) is 3.14. The molecule has 1 saturated heterocycles. The first-order chi connectivity index (χ1) is 12.3. The van der Waals surface area contributed by atoms with Gasteiger partial charge in [0.25, 0.3) is 0 Å². The van der Waals surface area contributed by atoms with E-state index >= 15 is 0 Å². The highest BCUT2D eigenvalue weighted by atomic mass is 32.2. The third-order valence-electron chi connectivity index (χ3n) is 3.98. The average molecular weight is 377 g/mol. The molecule has 0 bridgehead atoms. The Labute approximate surface area is 154 Å². The van der Waals surface area contributed by atoms with Crippen LogP contribution in [0.15, 0.2) is 33.3 Å². The van der Waals surface area contributed by atoms with Gasteiger partial charge in [-0.2, -0.15) is 0 Å². The molecule has 0 unspecified atom stereocenters. The van der Waals surface area contributed by atoms with E-state index in [-0.39, 0.29) is 0 Å². The summed E-state index contributed by atoms with van der Waals surface area (Å²) in [4.78, 5) is 3.32. The van der Waals surface area contributed by atoms with E-state index in [0.29, 0.717) is 5.75 Å². The third kappa shape index (κ3) is 3.58. The van der Waals surface area contributed by atoms with Crippen LogP contribution in [0.1, 0.15) is 12.6 Å². The molecule has 1 aliphatic rings. The summed E-state index contributed by atoms with van der Waals surface area (Å²) >= 11 is 3.28. The van der Waals surface area contributed by atoms with E-state index in [0.717, 1.165) is 60.3 Å². The Balaban J connectivity index is 1.45. The van der Waals surface area contributed by atoms with Crippen LogP contribution in [0.3, 0.4) is 0 Å². The maximum absolute atomic E-state index is 5.44. The second kappa shape index (κ2) is 7.59. The Morgan fingerprint density at radius 3 is 2.92 bits per heavy atom. The average Bonchev–Trinajstić information content (AvgIpc) is 3.39. The number of thiophene rings is 1. The van der Waals surface area contributed by atoms with Crippen molar-refractivity contribution in [3.63, 3.8) is 0 Å². The van der Waals surface area contributed by atoms with Crippen molar-refractivity contribution in [1.82, 2.24) is 19.9 Å². The maximum Gasteiger partial charge on any atom is 0.228 e. The Bertz CT molecular complexity index is 808. The SMILES string of the molecule is CCn1c(SCc2cc(-c3cccs3)on2)nnc1N1CCOCC1. The van der Waals surface area contributed by atoms with Gasteiger partial charge in [0.2, 0.25) is 5.95 Å². The van der Waals surface area contributed by atoms with Crippen LogP contribution in [0.25, 0.3) is 10.6 Å². The number of ether oxygens (including phenoxy) is 1. The van der Waals surface area contributed by atoms with Gasteiger partial charge in [0, 0.05) is 31.5 Å². The fourth-order valence-electron chi connectivity index (χ4n) is 2.72. The quantitative estimate of drug-likeness (QED) is 0.611. The second-order valence-electron chi connectivity index (χ2n) is 5.57. The third-order valence-corrected chi connectivity index (χ3v) is 5.86. The van der Waals surface area contributed by atoms with Gasteiger partial charge < -0.3 is 14.2 Å². The molecule has 4 heterocycles. The first-order valence-electron chi connectivity index (χ1n) is 8.23. The van der Waals surface area contributed by atoms with Crippen LogP contribution in [0.5, 0.6) is 0 Å². The molecular weight excluding hydrogens is 358 g/mol. The first kappa shape index (κ1) is 16.6. The number of nitrogens with zero attached hydrogens (tertiary/aromatic N) is 5. The highest BCUT2D eigenvalue weighted by Gasteiger charge is 2.20. The van der Waals surface area contributed by atoms with Crippen LogP contribution in [0, 0.1) is 0 Å². The maximum atomic E-state index is 5.44. The Kier molecular flexibility index (Phi) is 5.04. The summed E-state index contributed by atoms with van der Waals surface area (Å²) in [5.74, 6) is 2.44. The number of anilines is 1. The molecule has 0 atom stereocenters. The summed E-state index contributed by atoms with van der Waals surface area (Å²) in [7, 11) is 0. The monoisotopic (exact) mass is 377 g/mol. The van der Waals surface area contributed by atoms with Gasteiger partial charge in [-0.25, -0.2) is 0 Å². The lowest BCUT2D eigenvalue weighted by Crippen LogP contribution is -2.38. The molecule has 7 nitrogen and oxygen atoms in total. The zero-order valence-corrected chi connectivity index (χ0v) is 15.6. The van der Waals surface area contributed by atoms with Gasteiger partial charge >= 0.3 is 0 Å². The lowest BCUT2D eigenvalue weighted by Gasteiger charge is -2.27.